The van der Waals surface area contributed by atoms with Gasteiger partial charge in [0.1, 0.15) is 5.69 Å². The van der Waals surface area contributed by atoms with Crippen molar-refractivity contribution in [3.05, 3.63) is 34.4 Å². The van der Waals surface area contributed by atoms with Gasteiger partial charge in [-0.05, 0) is 20.0 Å². The van der Waals surface area contributed by atoms with Gasteiger partial charge in [-0.25, -0.2) is 0 Å². The first-order valence-electron chi connectivity index (χ1n) is 6.09. The molecule has 0 saturated carbocycles. The molecule has 0 aliphatic carbocycles. The van der Waals surface area contributed by atoms with E-state index in [-0.39, 0.29) is 17.3 Å². The van der Waals surface area contributed by atoms with E-state index < -0.39 is 11.0 Å². The predicted molar refractivity (Wildman–Crippen MR) is 74.0 cm³/mol. The van der Waals surface area contributed by atoms with E-state index in [1.54, 1.807) is 24.9 Å². The molecule has 0 saturated heterocycles. The van der Waals surface area contributed by atoms with Gasteiger partial charge < -0.3 is 5.32 Å². The quantitative estimate of drug-likeness (QED) is 0.630. The number of rotatable bonds is 6. The normalized spacial score (nSPS) is 11.7. The van der Waals surface area contributed by atoms with Gasteiger partial charge in [0.2, 0.25) is 5.91 Å². The van der Waals surface area contributed by atoms with Gasteiger partial charge in [-0.2, -0.15) is 5.26 Å². The second-order valence-corrected chi connectivity index (χ2v) is 4.33. The average molecular weight is 276 g/mol. The maximum Gasteiger partial charge on any atom is 0.292 e. The number of benzene rings is 1. The number of carbonyl (C=O) groups is 1. The van der Waals surface area contributed by atoms with Crippen LogP contribution in [0, 0.1) is 21.4 Å². The van der Waals surface area contributed by atoms with Crippen molar-refractivity contribution in [2.45, 2.75) is 19.4 Å². The third-order valence-electron chi connectivity index (χ3n) is 2.98. The first kappa shape index (κ1) is 15.6. The Balaban J connectivity index is 2.76. The van der Waals surface area contributed by atoms with E-state index in [1.165, 1.54) is 18.2 Å². The molecule has 1 amide bonds. The Morgan fingerprint density at radius 3 is 2.80 bits per heavy atom. The van der Waals surface area contributed by atoms with Gasteiger partial charge in [0.05, 0.1) is 17.0 Å². The predicted octanol–water partition coefficient (Wildman–Crippen LogP) is 1.77. The molecular formula is C13H16N4O3. The van der Waals surface area contributed by atoms with E-state index in [4.69, 9.17) is 5.26 Å². The van der Waals surface area contributed by atoms with Crippen LogP contribution in [0.25, 0.3) is 0 Å². The van der Waals surface area contributed by atoms with Crippen LogP contribution in [0.15, 0.2) is 24.3 Å². The summed E-state index contributed by atoms with van der Waals surface area (Å²) in [5, 5.41) is 21.9. The molecule has 0 radical (unpaired) electrons. The molecule has 0 aliphatic rings. The van der Waals surface area contributed by atoms with Crippen molar-refractivity contribution in [2.24, 2.45) is 0 Å². The van der Waals surface area contributed by atoms with Crippen LogP contribution in [-0.4, -0.2) is 35.4 Å². The third kappa shape index (κ3) is 4.03. The molecule has 0 spiro atoms. The van der Waals surface area contributed by atoms with Crippen LogP contribution in [0.5, 0.6) is 0 Å². The lowest BCUT2D eigenvalue weighted by atomic mass is 10.2. The lowest BCUT2D eigenvalue weighted by molar-refractivity contribution is -0.383. The van der Waals surface area contributed by atoms with Crippen LogP contribution < -0.4 is 5.32 Å². The maximum atomic E-state index is 12.0. The molecule has 0 fully saturated rings. The standard InChI is InChI=1S/C13H16N4O3/c1-10(16(2)9-5-8-14)13(18)15-11-6-3-4-7-12(11)17(19)20/h3-4,6-7,10H,5,9H2,1-2H3,(H,15,18)/t10-/m1/s1. The molecule has 1 atom stereocenters. The second kappa shape index (κ2) is 7.21. The lowest BCUT2D eigenvalue weighted by Gasteiger charge is -2.22. The molecule has 1 aromatic rings. The number of nitro groups is 1. The molecule has 0 unspecified atom stereocenters. The fourth-order valence-electron chi connectivity index (χ4n) is 1.60. The molecule has 0 bridgehead atoms. The molecule has 1 N–H and O–H groups in total. The second-order valence-electron chi connectivity index (χ2n) is 4.33. The summed E-state index contributed by atoms with van der Waals surface area (Å²) in [6.45, 7) is 2.14. The minimum Gasteiger partial charge on any atom is -0.319 e. The number of carbonyl (C=O) groups excluding carboxylic acids is 1. The Bertz CT molecular complexity index is 539. The van der Waals surface area contributed by atoms with Gasteiger partial charge in [-0.1, -0.05) is 12.1 Å². The fraction of sp³-hybridized carbons (Fsp3) is 0.385. The smallest absolute Gasteiger partial charge is 0.292 e. The Morgan fingerprint density at radius 2 is 2.20 bits per heavy atom. The minimum absolute atomic E-state index is 0.146. The molecular weight excluding hydrogens is 260 g/mol. The van der Waals surface area contributed by atoms with Gasteiger partial charge in [0.15, 0.2) is 0 Å². The molecule has 0 heterocycles. The number of anilines is 1. The fourth-order valence-corrected chi connectivity index (χ4v) is 1.60. The van der Waals surface area contributed by atoms with Crippen molar-refractivity contribution in [3.63, 3.8) is 0 Å². The van der Waals surface area contributed by atoms with Crippen molar-refractivity contribution in [1.29, 1.82) is 5.26 Å². The van der Waals surface area contributed by atoms with Crippen molar-refractivity contribution in [2.75, 3.05) is 18.9 Å². The summed E-state index contributed by atoms with van der Waals surface area (Å²) in [7, 11) is 1.72. The Morgan fingerprint density at radius 1 is 1.55 bits per heavy atom. The number of amides is 1. The number of hydrogen-bond donors (Lipinski definition) is 1. The Hall–Kier alpha value is -2.46. The van der Waals surface area contributed by atoms with E-state index in [0.29, 0.717) is 13.0 Å². The van der Waals surface area contributed by atoms with E-state index in [9.17, 15) is 14.9 Å². The maximum absolute atomic E-state index is 12.0. The molecule has 7 heteroatoms. The highest BCUT2D eigenvalue weighted by molar-refractivity contribution is 5.96. The zero-order valence-corrected chi connectivity index (χ0v) is 11.4. The monoisotopic (exact) mass is 276 g/mol. The zero-order chi connectivity index (χ0) is 15.1. The molecule has 1 aromatic carbocycles. The molecule has 7 nitrogen and oxygen atoms in total. The average Bonchev–Trinajstić information content (AvgIpc) is 2.44. The topological polar surface area (TPSA) is 99.3 Å². The zero-order valence-electron chi connectivity index (χ0n) is 11.4. The van der Waals surface area contributed by atoms with Gasteiger partial charge >= 0.3 is 0 Å². The van der Waals surface area contributed by atoms with Crippen LogP contribution in [-0.2, 0) is 4.79 Å². The van der Waals surface area contributed by atoms with Crippen molar-refractivity contribution >= 4 is 17.3 Å². The molecule has 0 aromatic heterocycles. The lowest BCUT2D eigenvalue weighted by Crippen LogP contribution is -2.40. The summed E-state index contributed by atoms with van der Waals surface area (Å²) < 4.78 is 0. The molecule has 0 aliphatic heterocycles. The summed E-state index contributed by atoms with van der Waals surface area (Å²) in [5.41, 5.74) is 0.0239. The summed E-state index contributed by atoms with van der Waals surface area (Å²) in [5.74, 6) is -0.347. The van der Waals surface area contributed by atoms with Crippen LogP contribution >= 0.6 is 0 Å². The first-order valence-corrected chi connectivity index (χ1v) is 6.09. The van der Waals surface area contributed by atoms with Gasteiger partial charge in [-0.3, -0.25) is 19.8 Å². The summed E-state index contributed by atoms with van der Waals surface area (Å²) in [4.78, 5) is 24.1. The summed E-state index contributed by atoms with van der Waals surface area (Å²) in [6, 6.07) is 7.49. The number of likely N-dealkylation sites (N-methyl/N-ethyl adjacent to an activating group) is 1. The summed E-state index contributed by atoms with van der Waals surface area (Å²) >= 11 is 0. The number of para-hydroxylation sites is 2. The highest BCUT2D eigenvalue weighted by Gasteiger charge is 2.21. The highest BCUT2D eigenvalue weighted by atomic mass is 16.6. The van der Waals surface area contributed by atoms with Crippen LogP contribution in [0.1, 0.15) is 13.3 Å². The Labute approximate surface area is 117 Å². The SMILES string of the molecule is C[C@H](C(=O)Nc1ccccc1[N+](=O)[O-])N(C)CCC#N. The third-order valence-corrected chi connectivity index (χ3v) is 2.98. The van der Waals surface area contributed by atoms with E-state index in [2.05, 4.69) is 5.32 Å². The van der Waals surface area contributed by atoms with Crippen LogP contribution in [0.3, 0.4) is 0 Å². The van der Waals surface area contributed by atoms with E-state index in [0.717, 1.165) is 0 Å². The number of nitro benzene ring substituents is 1. The van der Waals surface area contributed by atoms with E-state index >= 15 is 0 Å². The van der Waals surface area contributed by atoms with Gasteiger partial charge in [0.25, 0.3) is 5.69 Å². The van der Waals surface area contributed by atoms with Crippen molar-refractivity contribution in [3.8, 4) is 6.07 Å². The number of nitrogens with zero attached hydrogens (tertiary/aromatic N) is 3. The summed E-state index contributed by atoms with van der Waals surface area (Å²) in [6.07, 6.45) is 0.319. The van der Waals surface area contributed by atoms with Crippen molar-refractivity contribution in [1.82, 2.24) is 4.90 Å². The number of nitrogens with one attached hydrogen (secondary N) is 1. The van der Waals surface area contributed by atoms with Crippen LogP contribution in [0.4, 0.5) is 11.4 Å². The van der Waals surface area contributed by atoms with Gasteiger partial charge in [-0.15, -0.1) is 0 Å². The number of hydrogen-bond acceptors (Lipinski definition) is 5. The van der Waals surface area contributed by atoms with E-state index in [1.807, 2.05) is 6.07 Å². The Kier molecular flexibility index (Phi) is 5.62. The van der Waals surface area contributed by atoms with Gasteiger partial charge in [0, 0.05) is 19.0 Å². The molecule has 1 rings (SSSR count). The molecule has 20 heavy (non-hydrogen) atoms. The first-order chi connectivity index (χ1) is 9.47. The van der Waals surface area contributed by atoms with Crippen LogP contribution in [0.2, 0.25) is 0 Å². The highest BCUT2D eigenvalue weighted by Crippen LogP contribution is 2.23. The molecule has 106 valence electrons. The van der Waals surface area contributed by atoms with Crippen molar-refractivity contribution < 1.29 is 9.72 Å². The minimum atomic E-state index is -0.542. The number of nitriles is 1. The largest absolute Gasteiger partial charge is 0.319 e.